The smallest absolute Gasteiger partial charge is 0.410 e. The molecule has 2 atom stereocenters. The van der Waals surface area contributed by atoms with Gasteiger partial charge in [-0.2, -0.15) is 0 Å². The molecule has 2 heterocycles. The van der Waals surface area contributed by atoms with Gasteiger partial charge in [0.2, 0.25) is 5.91 Å². The highest BCUT2D eigenvalue weighted by atomic mass is 35.5. The van der Waals surface area contributed by atoms with Crippen LogP contribution >= 0.6 is 23.2 Å². The zero-order valence-electron chi connectivity index (χ0n) is 25.8. The molecule has 234 valence electrons. The van der Waals surface area contributed by atoms with Crippen molar-refractivity contribution in [3.05, 3.63) is 28.2 Å². The van der Waals surface area contributed by atoms with Crippen LogP contribution in [0.5, 0.6) is 0 Å². The van der Waals surface area contributed by atoms with Crippen LogP contribution in [0.25, 0.3) is 0 Å². The van der Waals surface area contributed by atoms with Crippen molar-refractivity contribution in [2.24, 2.45) is 5.92 Å². The summed E-state index contributed by atoms with van der Waals surface area (Å²) in [5.41, 5.74) is 0.335. The Labute approximate surface area is 257 Å². The van der Waals surface area contributed by atoms with Gasteiger partial charge in [-0.1, -0.05) is 43.1 Å². The van der Waals surface area contributed by atoms with Crippen LogP contribution in [0.15, 0.2) is 18.2 Å². The molecular weight excluding hydrogens is 583 g/mol. The van der Waals surface area contributed by atoms with Gasteiger partial charge in [0.15, 0.2) is 0 Å². The summed E-state index contributed by atoms with van der Waals surface area (Å²) in [5.74, 6) is -0.0543. The van der Waals surface area contributed by atoms with E-state index in [2.05, 4.69) is 15.1 Å². The Kier molecular flexibility index (Phi) is 11.4. The third-order valence-electron chi connectivity index (χ3n) is 8.41. The highest BCUT2D eigenvalue weighted by molar-refractivity contribution is 8.02. The molecule has 2 aliphatic rings. The van der Waals surface area contributed by atoms with Crippen molar-refractivity contribution in [2.45, 2.75) is 76.7 Å². The van der Waals surface area contributed by atoms with E-state index in [4.69, 9.17) is 27.9 Å². The fraction of sp³-hybridized carbons (Fsp3) is 0.733. The number of carbonyl (C=O) groups is 2. The van der Waals surface area contributed by atoms with Crippen molar-refractivity contribution in [1.82, 2.24) is 15.1 Å². The van der Waals surface area contributed by atoms with Crippen LogP contribution in [0.4, 0.5) is 10.5 Å². The number of nitrogens with one attached hydrogen (secondary N) is 1. The molecule has 11 heteroatoms. The Bertz CT molecular complexity index is 1110. The number of halogens is 2. The molecule has 1 unspecified atom stereocenters. The molecule has 2 amide bonds. The highest BCUT2D eigenvalue weighted by Crippen LogP contribution is 2.36. The summed E-state index contributed by atoms with van der Waals surface area (Å²) in [7, 11) is -2.36. The molecule has 0 bridgehead atoms. The summed E-state index contributed by atoms with van der Waals surface area (Å²) in [6.07, 6.45) is 6.23. The lowest BCUT2D eigenvalue weighted by Crippen LogP contribution is -2.48. The van der Waals surface area contributed by atoms with Crippen LogP contribution < -0.4 is 10.2 Å². The Hall–Kier alpha value is -1.55. The minimum absolute atomic E-state index is 0.0851. The Morgan fingerprint density at radius 2 is 1.71 bits per heavy atom. The van der Waals surface area contributed by atoms with E-state index in [1.54, 1.807) is 11.0 Å². The number of benzene rings is 1. The zero-order valence-corrected chi connectivity index (χ0v) is 28.2. The first-order valence-corrected chi connectivity index (χ1v) is 18.1. The maximum atomic E-state index is 13.3. The molecule has 3 rings (SSSR count). The normalized spacial score (nSPS) is 21.2. The molecule has 1 aromatic carbocycles. The van der Waals surface area contributed by atoms with E-state index < -0.39 is 27.7 Å². The van der Waals surface area contributed by atoms with Crippen molar-refractivity contribution in [2.75, 3.05) is 63.2 Å². The molecule has 1 N–H and O–H groups in total. The monoisotopic (exact) mass is 632 g/mol. The van der Waals surface area contributed by atoms with Crippen LogP contribution in [0.2, 0.25) is 10.0 Å². The number of likely N-dealkylation sites (tertiary alicyclic amines) is 1. The number of unbranched alkanes of at least 4 members (excludes halogenated alkanes) is 1. The second kappa shape index (κ2) is 13.8. The van der Waals surface area contributed by atoms with Crippen LogP contribution in [-0.4, -0.2) is 101 Å². The SMILES string of the molecule is CC(C)(C)OC(=O)N1CC(CC(C)(C)[SH](C)(C)=O)C[C@H]1C(=O)NCCCCN1CCN(c2cccc(Cl)c2Cl)CC1. The van der Waals surface area contributed by atoms with Gasteiger partial charge < -0.3 is 15.0 Å². The quantitative estimate of drug-likeness (QED) is 0.276. The number of rotatable bonds is 10. The maximum Gasteiger partial charge on any atom is 0.410 e. The number of ether oxygens (including phenoxy) is 1. The van der Waals surface area contributed by atoms with Crippen LogP contribution in [-0.2, 0) is 19.5 Å². The van der Waals surface area contributed by atoms with Crippen molar-refractivity contribution >= 4 is 50.8 Å². The average Bonchev–Trinajstić information content (AvgIpc) is 3.28. The predicted octanol–water partition coefficient (Wildman–Crippen LogP) is 5.08. The number of thiol groups is 1. The van der Waals surface area contributed by atoms with Crippen molar-refractivity contribution in [3.63, 3.8) is 0 Å². The molecule has 2 saturated heterocycles. The molecule has 8 nitrogen and oxygen atoms in total. The summed E-state index contributed by atoms with van der Waals surface area (Å²) >= 11 is 12.6. The summed E-state index contributed by atoms with van der Waals surface area (Å²) in [6.45, 7) is 15.2. The van der Waals surface area contributed by atoms with Crippen molar-refractivity contribution in [1.29, 1.82) is 0 Å². The highest BCUT2D eigenvalue weighted by Gasteiger charge is 2.44. The zero-order chi connectivity index (χ0) is 30.6. The van der Waals surface area contributed by atoms with E-state index in [9.17, 15) is 13.8 Å². The molecular formula is C30H50Cl2N4O4S. The summed E-state index contributed by atoms with van der Waals surface area (Å²) in [6, 6.07) is 5.17. The second-order valence-corrected chi connectivity index (χ2v) is 18.2. The molecule has 0 aromatic heterocycles. The number of carbonyl (C=O) groups excluding carboxylic acids is 2. The summed E-state index contributed by atoms with van der Waals surface area (Å²) in [5, 5.41) is 4.25. The third kappa shape index (κ3) is 9.47. The van der Waals surface area contributed by atoms with Crippen LogP contribution in [0, 0.1) is 5.92 Å². The molecule has 2 aliphatic heterocycles. The van der Waals surface area contributed by atoms with Gasteiger partial charge >= 0.3 is 6.09 Å². The molecule has 0 aliphatic carbocycles. The molecule has 0 spiro atoms. The Morgan fingerprint density at radius 3 is 2.32 bits per heavy atom. The van der Waals surface area contributed by atoms with Crippen LogP contribution in [0.1, 0.15) is 60.3 Å². The van der Waals surface area contributed by atoms with Gasteiger partial charge in [0.05, 0.1) is 15.7 Å². The minimum Gasteiger partial charge on any atom is -0.444 e. The van der Waals surface area contributed by atoms with E-state index >= 15 is 0 Å². The van der Waals surface area contributed by atoms with Gasteiger partial charge in [0.1, 0.15) is 11.6 Å². The average molecular weight is 634 g/mol. The predicted molar refractivity (Wildman–Crippen MR) is 172 cm³/mol. The summed E-state index contributed by atoms with van der Waals surface area (Å²) < 4.78 is 18.1. The van der Waals surface area contributed by atoms with Gasteiger partial charge in [0.25, 0.3) is 0 Å². The van der Waals surface area contributed by atoms with Gasteiger partial charge in [-0.3, -0.25) is 18.8 Å². The first kappa shape index (κ1) is 33.9. The molecule has 0 saturated carbocycles. The number of anilines is 1. The van der Waals surface area contributed by atoms with E-state index in [1.807, 2.05) is 59.3 Å². The summed E-state index contributed by atoms with van der Waals surface area (Å²) in [4.78, 5) is 32.6. The fourth-order valence-corrected chi connectivity index (χ4v) is 6.62. The second-order valence-electron chi connectivity index (χ2n) is 13.5. The van der Waals surface area contributed by atoms with Gasteiger partial charge in [0, 0.05) is 44.0 Å². The maximum absolute atomic E-state index is 13.3. The lowest BCUT2D eigenvalue weighted by atomic mass is 9.94. The molecule has 41 heavy (non-hydrogen) atoms. The molecule has 1 aromatic rings. The Morgan fingerprint density at radius 1 is 1.05 bits per heavy atom. The van der Waals surface area contributed by atoms with Crippen LogP contribution in [0.3, 0.4) is 0 Å². The topological polar surface area (TPSA) is 82.2 Å². The minimum atomic E-state index is -2.36. The van der Waals surface area contributed by atoms with Gasteiger partial charge in [-0.25, -0.2) is 4.79 Å². The largest absolute Gasteiger partial charge is 0.444 e. The van der Waals surface area contributed by atoms with Gasteiger partial charge in [-0.15, -0.1) is 9.93 Å². The number of piperazine rings is 1. The van der Waals surface area contributed by atoms with E-state index in [1.165, 1.54) is 0 Å². The number of hydrogen-bond donors (Lipinski definition) is 2. The first-order chi connectivity index (χ1) is 19.0. The van der Waals surface area contributed by atoms with Gasteiger partial charge in [-0.05, 0) is 83.6 Å². The fourth-order valence-electron chi connectivity index (χ4n) is 5.51. The standard InChI is InChI=1S/C30H50Cl2N4O4S/c1-29(2,3)40-28(38)36-21-22(20-30(4,5)41(6,7)39)19-25(36)27(37)33-13-8-9-14-34-15-17-35(18-16-34)24-12-10-11-23(31)26(24)32/h10-12,22,25,41H,8-9,13-21H2,1-7H3,(H,33,37)/t22?,25-/m0/s1. The number of amides is 2. The lowest BCUT2D eigenvalue weighted by Gasteiger charge is -2.36. The number of hydrogen-bond acceptors (Lipinski definition) is 6. The van der Waals surface area contributed by atoms with E-state index in [-0.39, 0.29) is 16.6 Å². The Balaban J connectivity index is 1.46. The molecule has 2 fully saturated rings. The van der Waals surface area contributed by atoms with E-state index in [0.717, 1.165) is 51.3 Å². The van der Waals surface area contributed by atoms with Crippen molar-refractivity contribution in [3.8, 4) is 0 Å². The third-order valence-corrected chi connectivity index (χ3v) is 12.3. The first-order valence-electron chi connectivity index (χ1n) is 14.7. The van der Waals surface area contributed by atoms with Crippen molar-refractivity contribution < 1.29 is 18.5 Å². The number of nitrogens with zero attached hydrogens (tertiary/aromatic N) is 3. The lowest BCUT2D eigenvalue weighted by molar-refractivity contribution is -0.125. The van der Waals surface area contributed by atoms with E-state index in [0.29, 0.717) is 36.0 Å². The molecule has 0 radical (unpaired) electrons.